The number of hydrogen-bond donors (Lipinski definition) is 2. The number of ether oxygens (including phenoxy) is 1. The van der Waals surface area contributed by atoms with Gasteiger partial charge in [0, 0.05) is 0 Å². The SMILES string of the molecule is CCOC(=O)C(C)NC(=O)C(C)NC(=O)c1ccco1. The van der Waals surface area contributed by atoms with Crippen molar-refractivity contribution >= 4 is 17.8 Å². The van der Waals surface area contributed by atoms with Crippen LogP contribution in [0.15, 0.2) is 22.8 Å². The number of amides is 2. The van der Waals surface area contributed by atoms with E-state index < -0.39 is 29.9 Å². The Morgan fingerprint density at radius 1 is 1.25 bits per heavy atom. The van der Waals surface area contributed by atoms with Crippen LogP contribution >= 0.6 is 0 Å². The van der Waals surface area contributed by atoms with Crippen molar-refractivity contribution in [2.24, 2.45) is 0 Å². The molecule has 2 N–H and O–H groups in total. The van der Waals surface area contributed by atoms with E-state index in [9.17, 15) is 14.4 Å². The van der Waals surface area contributed by atoms with Crippen molar-refractivity contribution in [3.63, 3.8) is 0 Å². The first kappa shape index (κ1) is 15.7. The van der Waals surface area contributed by atoms with Gasteiger partial charge in [0.25, 0.3) is 5.91 Å². The summed E-state index contributed by atoms with van der Waals surface area (Å²) in [5.74, 6) is -1.39. The van der Waals surface area contributed by atoms with Gasteiger partial charge in [-0.3, -0.25) is 9.59 Å². The highest BCUT2D eigenvalue weighted by atomic mass is 16.5. The average molecular weight is 282 g/mol. The van der Waals surface area contributed by atoms with E-state index in [1.54, 1.807) is 13.0 Å². The lowest BCUT2D eigenvalue weighted by atomic mass is 10.2. The zero-order valence-electron chi connectivity index (χ0n) is 11.6. The van der Waals surface area contributed by atoms with Crippen LogP contribution in [0.4, 0.5) is 0 Å². The number of hydrogen-bond acceptors (Lipinski definition) is 5. The fraction of sp³-hybridized carbons (Fsp3) is 0.462. The molecule has 20 heavy (non-hydrogen) atoms. The summed E-state index contributed by atoms with van der Waals surface area (Å²) < 4.78 is 9.68. The van der Waals surface area contributed by atoms with Crippen molar-refractivity contribution in [3.05, 3.63) is 24.2 Å². The van der Waals surface area contributed by atoms with E-state index in [0.717, 1.165) is 0 Å². The zero-order chi connectivity index (χ0) is 15.1. The summed E-state index contributed by atoms with van der Waals surface area (Å²) >= 11 is 0. The summed E-state index contributed by atoms with van der Waals surface area (Å²) in [6, 6.07) is 1.49. The maximum atomic E-state index is 11.8. The summed E-state index contributed by atoms with van der Waals surface area (Å²) in [5.41, 5.74) is 0. The molecule has 0 aliphatic rings. The van der Waals surface area contributed by atoms with E-state index in [1.807, 2.05) is 0 Å². The van der Waals surface area contributed by atoms with Crippen LogP contribution in [-0.2, 0) is 14.3 Å². The standard InChI is InChI=1S/C13H18N2O5/c1-4-19-13(18)9(3)15-11(16)8(2)14-12(17)10-6-5-7-20-10/h5-9H,4H2,1-3H3,(H,14,17)(H,15,16). The van der Waals surface area contributed by atoms with Crippen molar-refractivity contribution in [3.8, 4) is 0 Å². The Kier molecular flexibility index (Phi) is 5.76. The summed E-state index contributed by atoms with van der Waals surface area (Å²) in [7, 11) is 0. The fourth-order valence-corrected chi connectivity index (χ4v) is 1.41. The second-order valence-corrected chi connectivity index (χ2v) is 4.15. The number of carbonyl (C=O) groups is 3. The Balaban J connectivity index is 2.47. The van der Waals surface area contributed by atoms with Crippen LogP contribution in [-0.4, -0.2) is 36.5 Å². The van der Waals surface area contributed by atoms with Crippen LogP contribution in [0.25, 0.3) is 0 Å². The Labute approximate surface area is 116 Å². The third kappa shape index (κ3) is 4.42. The molecule has 0 saturated heterocycles. The second-order valence-electron chi connectivity index (χ2n) is 4.15. The molecule has 0 bridgehead atoms. The Morgan fingerprint density at radius 3 is 2.50 bits per heavy atom. The molecule has 0 radical (unpaired) electrons. The molecule has 0 saturated carbocycles. The van der Waals surface area contributed by atoms with Crippen LogP contribution in [0.1, 0.15) is 31.3 Å². The first-order valence-electron chi connectivity index (χ1n) is 6.27. The van der Waals surface area contributed by atoms with Crippen LogP contribution in [0.2, 0.25) is 0 Å². The molecule has 7 heteroatoms. The van der Waals surface area contributed by atoms with Gasteiger partial charge in [-0.1, -0.05) is 0 Å². The molecule has 110 valence electrons. The van der Waals surface area contributed by atoms with E-state index in [2.05, 4.69) is 10.6 Å². The molecule has 2 amide bonds. The van der Waals surface area contributed by atoms with E-state index >= 15 is 0 Å². The van der Waals surface area contributed by atoms with Crippen LogP contribution in [0.3, 0.4) is 0 Å². The molecule has 1 aromatic heterocycles. The lowest BCUT2D eigenvalue weighted by molar-refractivity contribution is -0.147. The maximum absolute atomic E-state index is 11.8. The monoisotopic (exact) mass is 282 g/mol. The smallest absolute Gasteiger partial charge is 0.328 e. The van der Waals surface area contributed by atoms with E-state index in [-0.39, 0.29) is 12.4 Å². The van der Waals surface area contributed by atoms with Crippen LogP contribution < -0.4 is 10.6 Å². The predicted octanol–water partition coefficient (Wildman–Crippen LogP) is 0.466. The van der Waals surface area contributed by atoms with Gasteiger partial charge in [0.2, 0.25) is 5.91 Å². The number of rotatable bonds is 6. The molecule has 1 rings (SSSR count). The topological polar surface area (TPSA) is 97.6 Å². The molecule has 2 unspecified atom stereocenters. The molecule has 1 aromatic rings. The second kappa shape index (κ2) is 7.32. The van der Waals surface area contributed by atoms with Crippen LogP contribution in [0.5, 0.6) is 0 Å². The van der Waals surface area contributed by atoms with Gasteiger partial charge in [-0.05, 0) is 32.9 Å². The highest BCUT2D eigenvalue weighted by Gasteiger charge is 2.22. The highest BCUT2D eigenvalue weighted by Crippen LogP contribution is 2.00. The minimum Gasteiger partial charge on any atom is -0.464 e. The maximum Gasteiger partial charge on any atom is 0.328 e. The lowest BCUT2D eigenvalue weighted by Crippen LogP contribution is -2.49. The molecule has 0 spiro atoms. The Hall–Kier alpha value is -2.31. The molecule has 1 heterocycles. The summed E-state index contributed by atoms with van der Waals surface area (Å²) in [5, 5.41) is 4.92. The Morgan fingerprint density at radius 2 is 1.95 bits per heavy atom. The van der Waals surface area contributed by atoms with Gasteiger partial charge in [-0.15, -0.1) is 0 Å². The van der Waals surface area contributed by atoms with E-state index in [1.165, 1.54) is 26.2 Å². The third-order valence-corrected chi connectivity index (χ3v) is 2.48. The van der Waals surface area contributed by atoms with Crippen molar-refractivity contribution < 1.29 is 23.5 Å². The molecule has 2 atom stereocenters. The van der Waals surface area contributed by atoms with Gasteiger partial charge >= 0.3 is 5.97 Å². The van der Waals surface area contributed by atoms with Crippen molar-refractivity contribution in [2.75, 3.05) is 6.61 Å². The number of furan rings is 1. The van der Waals surface area contributed by atoms with Crippen molar-refractivity contribution in [1.29, 1.82) is 0 Å². The average Bonchev–Trinajstić information content (AvgIpc) is 2.92. The van der Waals surface area contributed by atoms with Crippen molar-refractivity contribution in [2.45, 2.75) is 32.9 Å². The normalized spacial score (nSPS) is 13.2. The van der Waals surface area contributed by atoms with Gasteiger partial charge in [0.15, 0.2) is 5.76 Å². The van der Waals surface area contributed by atoms with E-state index in [4.69, 9.17) is 9.15 Å². The molecular weight excluding hydrogens is 264 g/mol. The fourth-order valence-electron chi connectivity index (χ4n) is 1.41. The number of carbonyl (C=O) groups excluding carboxylic acids is 3. The lowest BCUT2D eigenvalue weighted by Gasteiger charge is -2.17. The minimum absolute atomic E-state index is 0.114. The van der Waals surface area contributed by atoms with Gasteiger partial charge in [-0.25, -0.2) is 4.79 Å². The third-order valence-electron chi connectivity index (χ3n) is 2.48. The molecule has 0 fully saturated rings. The van der Waals surface area contributed by atoms with Gasteiger partial charge in [-0.2, -0.15) is 0 Å². The van der Waals surface area contributed by atoms with E-state index in [0.29, 0.717) is 0 Å². The molecular formula is C13H18N2O5. The highest BCUT2D eigenvalue weighted by molar-refractivity contribution is 5.96. The van der Waals surface area contributed by atoms with Crippen LogP contribution in [0, 0.1) is 0 Å². The minimum atomic E-state index is -0.801. The largest absolute Gasteiger partial charge is 0.464 e. The Bertz CT molecular complexity index is 469. The van der Waals surface area contributed by atoms with Gasteiger partial charge < -0.3 is 19.8 Å². The quantitative estimate of drug-likeness (QED) is 0.739. The number of nitrogens with one attached hydrogen (secondary N) is 2. The predicted molar refractivity (Wildman–Crippen MR) is 69.9 cm³/mol. The van der Waals surface area contributed by atoms with Gasteiger partial charge in [0.1, 0.15) is 12.1 Å². The first-order chi connectivity index (χ1) is 9.45. The molecule has 7 nitrogen and oxygen atoms in total. The molecule has 0 aliphatic carbocycles. The molecule has 0 aliphatic heterocycles. The summed E-state index contributed by atoms with van der Waals surface area (Å²) in [6.07, 6.45) is 1.36. The first-order valence-corrected chi connectivity index (χ1v) is 6.27. The summed E-state index contributed by atoms with van der Waals surface area (Å²) in [6.45, 7) is 4.94. The van der Waals surface area contributed by atoms with Crippen molar-refractivity contribution in [1.82, 2.24) is 10.6 Å². The van der Waals surface area contributed by atoms with Gasteiger partial charge in [0.05, 0.1) is 12.9 Å². The zero-order valence-corrected chi connectivity index (χ0v) is 11.6. The summed E-state index contributed by atoms with van der Waals surface area (Å²) in [4.78, 5) is 34.8. The molecule has 0 aromatic carbocycles. The number of esters is 1.